The number of halogens is 1. The fourth-order valence-corrected chi connectivity index (χ4v) is 3.27. The van der Waals surface area contributed by atoms with Gasteiger partial charge >= 0.3 is 0 Å². The number of anilines is 1. The van der Waals surface area contributed by atoms with Crippen LogP contribution in [0.15, 0.2) is 24.3 Å². The lowest BCUT2D eigenvalue weighted by Crippen LogP contribution is -2.36. The van der Waals surface area contributed by atoms with Gasteiger partial charge in [-0.3, -0.25) is 9.59 Å². The Morgan fingerprint density at radius 2 is 1.60 bits per heavy atom. The van der Waals surface area contributed by atoms with Crippen LogP contribution in [0.1, 0.15) is 32.1 Å². The van der Waals surface area contributed by atoms with Gasteiger partial charge in [-0.05, 0) is 77.0 Å². The Morgan fingerprint density at radius 3 is 2.16 bits per heavy atom. The Labute approximate surface area is 155 Å². The summed E-state index contributed by atoms with van der Waals surface area (Å²) in [7, 11) is 4.05. The molecule has 1 fully saturated rings. The van der Waals surface area contributed by atoms with Crippen LogP contribution in [-0.4, -0.2) is 43.9 Å². The molecule has 6 heteroatoms. The molecule has 2 N–H and O–H groups in total. The van der Waals surface area contributed by atoms with E-state index in [2.05, 4.69) is 15.5 Å². The summed E-state index contributed by atoms with van der Waals surface area (Å²) in [6.45, 7) is 1.69. The zero-order valence-corrected chi connectivity index (χ0v) is 15.8. The molecule has 1 aliphatic carbocycles. The van der Waals surface area contributed by atoms with Crippen LogP contribution in [0.4, 0.5) is 5.69 Å². The second-order valence-electron chi connectivity index (χ2n) is 6.99. The Bertz CT molecular complexity index is 567. The summed E-state index contributed by atoms with van der Waals surface area (Å²) in [5.74, 6) is 0.190. The van der Waals surface area contributed by atoms with Gasteiger partial charge in [0.2, 0.25) is 11.8 Å². The lowest BCUT2D eigenvalue weighted by molar-refractivity contribution is -0.128. The highest BCUT2D eigenvalue weighted by Crippen LogP contribution is 2.30. The molecule has 0 aromatic heterocycles. The molecule has 0 atom stereocenters. The van der Waals surface area contributed by atoms with Crippen molar-refractivity contribution in [3.05, 3.63) is 29.3 Å². The van der Waals surface area contributed by atoms with Crippen LogP contribution in [-0.2, 0) is 9.59 Å². The highest BCUT2D eigenvalue weighted by atomic mass is 35.5. The van der Waals surface area contributed by atoms with Crippen molar-refractivity contribution >= 4 is 29.1 Å². The summed E-state index contributed by atoms with van der Waals surface area (Å²) in [6, 6.07) is 7.11. The maximum Gasteiger partial charge on any atom is 0.227 e. The molecule has 1 aliphatic rings. The number of carbonyl (C=O) groups excluding carboxylic acids is 2. The zero-order valence-electron chi connectivity index (χ0n) is 15.1. The molecule has 0 spiro atoms. The second-order valence-corrected chi connectivity index (χ2v) is 7.43. The number of nitrogens with zero attached hydrogens (tertiary/aromatic N) is 1. The molecule has 0 heterocycles. The molecule has 0 radical (unpaired) electrons. The van der Waals surface area contributed by atoms with E-state index < -0.39 is 0 Å². The van der Waals surface area contributed by atoms with Crippen molar-refractivity contribution in [2.24, 2.45) is 11.8 Å². The predicted molar refractivity (Wildman–Crippen MR) is 102 cm³/mol. The zero-order chi connectivity index (χ0) is 18.2. The van der Waals surface area contributed by atoms with Crippen molar-refractivity contribution < 1.29 is 9.59 Å². The molecule has 25 heavy (non-hydrogen) atoms. The molecule has 0 aliphatic heterocycles. The third-order valence-corrected chi connectivity index (χ3v) is 4.91. The third-order valence-electron chi connectivity index (χ3n) is 4.66. The van der Waals surface area contributed by atoms with Crippen molar-refractivity contribution in [1.29, 1.82) is 0 Å². The molecule has 0 bridgehead atoms. The highest BCUT2D eigenvalue weighted by Gasteiger charge is 2.29. The van der Waals surface area contributed by atoms with Crippen LogP contribution in [0.25, 0.3) is 0 Å². The van der Waals surface area contributed by atoms with E-state index in [9.17, 15) is 9.59 Å². The third kappa shape index (κ3) is 6.67. The van der Waals surface area contributed by atoms with E-state index in [1.54, 1.807) is 24.3 Å². The summed E-state index contributed by atoms with van der Waals surface area (Å²) < 4.78 is 0. The maximum atomic E-state index is 12.4. The van der Waals surface area contributed by atoms with Crippen molar-refractivity contribution in [2.75, 3.05) is 32.5 Å². The van der Waals surface area contributed by atoms with Gasteiger partial charge in [-0.2, -0.15) is 0 Å². The fraction of sp³-hybridized carbons (Fsp3) is 0.579. The standard InChI is InChI=1S/C19H28ClN3O2/c1-23(2)13-3-12-21-18(24)14-4-6-15(7-5-14)19(25)22-17-10-8-16(20)9-11-17/h8-11,14-15H,3-7,12-13H2,1-2H3,(H,21,24)(H,22,25). The summed E-state index contributed by atoms with van der Waals surface area (Å²) in [5, 5.41) is 6.60. The van der Waals surface area contributed by atoms with Crippen molar-refractivity contribution in [3.63, 3.8) is 0 Å². The molecular weight excluding hydrogens is 338 g/mol. The van der Waals surface area contributed by atoms with E-state index >= 15 is 0 Å². The van der Waals surface area contributed by atoms with Crippen LogP contribution >= 0.6 is 11.6 Å². The van der Waals surface area contributed by atoms with Crippen LogP contribution in [0, 0.1) is 11.8 Å². The first-order valence-corrected chi connectivity index (χ1v) is 9.32. The van der Waals surface area contributed by atoms with Gasteiger partial charge in [0.05, 0.1) is 0 Å². The van der Waals surface area contributed by atoms with E-state index in [-0.39, 0.29) is 23.7 Å². The van der Waals surface area contributed by atoms with Crippen LogP contribution in [0.5, 0.6) is 0 Å². The number of hydrogen-bond acceptors (Lipinski definition) is 3. The molecule has 1 aromatic rings. The Balaban J connectivity index is 1.70. The Hall–Kier alpha value is -1.59. The average molecular weight is 366 g/mol. The molecule has 0 unspecified atom stereocenters. The number of carbonyl (C=O) groups is 2. The molecule has 138 valence electrons. The topological polar surface area (TPSA) is 61.4 Å². The molecular formula is C19H28ClN3O2. The predicted octanol–water partition coefficient (Wildman–Crippen LogP) is 3.15. The lowest BCUT2D eigenvalue weighted by Gasteiger charge is -2.27. The Morgan fingerprint density at radius 1 is 1.04 bits per heavy atom. The van der Waals surface area contributed by atoms with E-state index in [0.717, 1.165) is 44.3 Å². The van der Waals surface area contributed by atoms with Gasteiger partial charge in [0.25, 0.3) is 0 Å². The summed E-state index contributed by atoms with van der Waals surface area (Å²) in [5.41, 5.74) is 0.759. The van der Waals surface area contributed by atoms with Gasteiger partial charge in [-0.1, -0.05) is 11.6 Å². The summed E-state index contributed by atoms with van der Waals surface area (Å²) in [6.07, 6.45) is 4.03. The van der Waals surface area contributed by atoms with Gasteiger partial charge in [0, 0.05) is 29.1 Å². The highest BCUT2D eigenvalue weighted by molar-refractivity contribution is 6.30. The van der Waals surface area contributed by atoms with Gasteiger partial charge in [0.15, 0.2) is 0 Å². The van der Waals surface area contributed by atoms with Crippen LogP contribution < -0.4 is 10.6 Å². The van der Waals surface area contributed by atoms with Gasteiger partial charge < -0.3 is 15.5 Å². The number of amides is 2. The van der Waals surface area contributed by atoms with Gasteiger partial charge in [0.1, 0.15) is 0 Å². The SMILES string of the molecule is CN(C)CCCNC(=O)C1CCC(C(=O)Nc2ccc(Cl)cc2)CC1. The van der Waals surface area contributed by atoms with E-state index in [4.69, 9.17) is 11.6 Å². The van der Waals surface area contributed by atoms with Crippen molar-refractivity contribution in [1.82, 2.24) is 10.2 Å². The first-order valence-electron chi connectivity index (χ1n) is 8.94. The number of rotatable bonds is 7. The van der Waals surface area contributed by atoms with Crippen molar-refractivity contribution in [2.45, 2.75) is 32.1 Å². The summed E-state index contributed by atoms with van der Waals surface area (Å²) in [4.78, 5) is 26.7. The lowest BCUT2D eigenvalue weighted by atomic mass is 9.81. The van der Waals surface area contributed by atoms with Crippen molar-refractivity contribution in [3.8, 4) is 0 Å². The largest absolute Gasteiger partial charge is 0.356 e. The number of hydrogen-bond donors (Lipinski definition) is 2. The normalized spacial score (nSPS) is 20.3. The van der Waals surface area contributed by atoms with Crippen LogP contribution in [0.3, 0.4) is 0 Å². The molecule has 5 nitrogen and oxygen atoms in total. The minimum absolute atomic E-state index is 0.0199. The molecule has 0 saturated heterocycles. The average Bonchev–Trinajstić information content (AvgIpc) is 2.60. The number of nitrogens with one attached hydrogen (secondary N) is 2. The monoisotopic (exact) mass is 365 g/mol. The minimum atomic E-state index is -0.0199. The fourth-order valence-electron chi connectivity index (χ4n) is 3.15. The Kier molecular flexibility index (Phi) is 7.72. The first kappa shape index (κ1) is 19.7. The quantitative estimate of drug-likeness (QED) is 0.729. The maximum absolute atomic E-state index is 12.4. The molecule has 1 aromatic carbocycles. The smallest absolute Gasteiger partial charge is 0.227 e. The van der Waals surface area contributed by atoms with E-state index in [1.807, 2.05) is 14.1 Å². The van der Waals surface area contributed by atoms with Gasteiger partial charge in [-0.15, -0.1) is 0 Å². The van der Waals surface area contributed by atoms with E-state index in [0.29, 0.717) is 11.6 Å². The molecule has 2 rings (SSSR count). The molecule has 1 saturated carbocycles. The summed E-state index contributed by atoms with van der Waals surface area (Å²) >= 11 is 5.85. The first-order chi connectivity index (χ1) is 12.0. The van der Waals surface area contributed by atoms with Gasteiger partial charge in [-0.25, -0.2) is 0 Å². The van der Waals surface area contributed by atoms with E-state index in [1.165, 1.54) is 0 Å². The number of benzene rings is 1. The van der Waals surface area contributed by atoms with Crippen LogP contribution in [0.2, 0.25) is 5.02 Å². The minimum Gasteiger partial charge on any atom is -0.356 e. The molecule has 2 amide bonds. The second kappa shape index (κ2) is 9.78.